The van der Waals surface area contributed by atoms with Gasteiger partial charge in [-0.1, -0.05) is 6.42 Å². The molecule has 0 amide bonds. The molecule has 2 aliphatic rings. The van der Waals surface area contributed by atoms with Crippen LogP contribution in [0.5, 0.6) is 0 Å². The molecule has 0 bridgehead atoms. The summed E-state index contributed by atoms with van der Waals surface area (Å²) < 4.78 is 0. The molecular formula is C6H14N4. The first-order valence-electron chi connectivity index (χ1n) is 3.97. The van der Waals surface area contributed by atoms with Gasteiger partial charge < -0.3 is 0 Å². The minimum absolute atomic E-state index is 0.704. The molecule has 0 saturated carbocycles. The summed E-state index contributed by atoms with van der Waals surface area (Å²) in [5.74, 6) is 0. The molecule has 2 aliphatic heterocycles. The Morgan fingerprint density at radius 3 is 3.20 bits per heavy atom. The van der Waals surface area contributed by atoms with Gasteiger partial charge in [0.1, 0.15) is 0 Å². The van der Waals surface area contributed by atoms with E-state index in [0.717, 1.165) is 6.54 Å². The van der Waals surface area contributed by atoms with E-state index in [1.165, 1.54) is 25.8 Å². The smallest absolute Gasteiger partial charge is 0.0396 e. The van der Waals surface area contributed by atoms with Crippen molar-refractivity contribution >= 4 is 0 Å². The Morgan fingerprint density at radius 1 is 1.30 bits per heavy atom. The summed E-state index contributed by atoms with van der Waals surface area (Å²) in [6, 6.07) is 0.704. The van der Waals surface area contributed by atoms with Crippen LogP contribution in [0.15, 0.2) is 0 Å². The number of hydrogen-bond donors (Lipinski definition) is 3. The van der Waals surface area contributed by atoms with Crippen molar-refractivity contribution < 1.29 is 0 Å². The van der Waals surface area contributed by atoms with Crippen LogP contribution in [0.3, 0.4) is 0 Å². The van der Waals surface area contributed by atoms with Gasteiger partial charge in [-0.3, -0.25) is 0 Å². The summed E-state index contributed by atoms with van der Waals surface area (Å²) in [6.45, 7) is 2.24. The monoisotopic (exact) mass is 142 g/mol. The maximum atomic E-state index is 3.09. The van der Waals surface area contributed by atoms with E-state index in [-0.39, 0.29) is 0 Å². The Kier molecular flexibility index (Phi) is 1.86. The zero-order chi connectivity index (χ0) is 6.81. The van der Waals surface area contributed by atoms with Crippen LogP contribution in [-0.4, -0.2) is 24.1 Å². The number of nitrogens with zero attached hydrogens (tertiary/aromatic N) is 1. The molecule has 4 nitrogen and oxygen atoms in total. The second-order valence-electron chi connectivity index (χ2n) is 2.96. The molecule has 10 heavy (non-hydrogen) atoms. The highest BCUT2D eigenvalue weighted by molar-refractivity contribution is 4.76. The second kappa shape index (κ2) is 2.84. The molecule has 4 heteroatoms. The first kappa shape index (κ1) is 6.54. The third kappa shape index (κ3) is 1.15. The van der Waals surface area contributed by atoms with Crippen LogP contribution in [0.4, 0.5) is 0 Å². The molecule has 2 rings (SSSR count). The Morgan fingerprint density at radius 2 is 2.30 bits per heavy atom. The first-order chi connectivity index (χ1) is 4.97. The lowest BCUT2D eigenvalue weighted by molar-refractivity contribution is 0.0149. The van der Waals surface area contributed by atoms with Crippen molar-refractivity contribution in [3.05, 3.63) is 0 Å². The Hall–Kier alpha value is -0.160. The molecule has 0 radical (unpaired) electrons. The quantitative estimate of drug-likeness (QED) is 0.421. The third-order valence-electron chi connectivity index (χ3n) is 2.25. The molecule has 1 atom stereocenters. The molecular weight excluding hydrogens is 128 g/mol. The van der Waals surface area contributed by atoms with Crippen LogP contribution >= 0.6 is 0 Å². The SMILES string of the molecule is C1CCN2NNNCC2C1. The summed E-state index contributed by atoms with van der Waals surface area (Å²) in [5, 5.41) is 2.28. The molecule has 0 aromatic heterocycles. The zero-order valence-electron chi connectivity index (χ0n) is 6.06. The largest absolute Gasteiger partial charge is 0.241 e. The van der Waals surface area contributed by atoms with Crippen LogP contribution in [0, 0.1) is 0 Å². The zero-order valence-corrected chi connectivity index (χ0v) is 6.06. The van der Waals surface area contributed by atoms with Crippen molar-refractivity contribution in [3.8, 4) is 0 Å². The summed E-state index contributed by atoms with van der Waals surface area (Å²) in [7, 11) is 0. The minimum atomic E-state index is 0.704. The predicted octanol–water partition coefficient (Wildman–Crippen LogP) is -0.632. The summed E-state index contributed by atoms with van der Waals surface area (Å²) in [6.07, 6.45) is 4.03. The second-order valence-corrected chi connectivity index (χ2v) is 2.96. The average Bonchev–Trinajstić information content (AvgIpc) is 2.05. The number of fused-ring (bicyclic) bond motifs is 1. The van der Waals surface area contributed by atoms with E-state index in [2.05, 4.69) is 21.5 Å². The molecule has 2 heterocycles. The van der Waals surface area contributed by atoms with Crippen molar-refractivity contribution in [3.63, 3.8) is 0 Å². The van der Waals surface area contributed by atoms with Crippen LogP contribution in [0.25, 0.3) is 0 Å². The summed E-state index contributed by atoms with van der Waals surface area (Å²) in [5.41, 5.74) is 9.08. The summed E-state index contributed by atoms with van der Waals surface area (Å²) >= 11 is 0. The van der Waals surface area contributed by atoms with E-state index in [1.54, 1.807) is 0 Å². The normalized spacial score (nSPS) is 35.4. The van der Waals surface area contributed by atoms with E-state index in [0.29, 0.717) is 6.04 Å². The van der Waals surface area contributed by atoms with Gasteiger partial charge in [-0.25, -0.2) is 10.4 Å². The highest BCUT2D eigenvalue weighted by atomic mass is 15.8. The highest BCUT2D eigenvalue weighted by Gasteiger charge is 2.23. The number of piperidine rings is 1. The number of rotatable bonds is 0. The first-order valence-corrected chi connectivity index (χ1v) is 3.97. The van der Waals surface area contributed by atoms with Crippen LogP contribution in [0.1, 0.15) is 19.3 Å². The molecule has 0 spiro atoms. The third-order valence-corrected chi connectivity index (χ3v) is 2.25. The Bertz CT molecular complexity index is 90.3. The molecule has 0 aromatic rings. The van der Waals surface area contributed by atoms with Crippen molar-refractivity contribution in [2.24, 2.45) is 0 Å². The molecule has 2 fully saturated rings. The van der Waals surface area contributed by atoms with E-state index in [9.17, 15) is 0 Å². The van der Waals surface area contributed by atoms with E-state index in [4.69, 9.17) is 0 Å². The lowest BCUT2D eigenvalue weighted by Gasteiger charge is -2.39. The maximum absolute atomic E-state index is 3.09. The molecule has 1 unspecified atom stereocenters. The van der Waals surface area contributed by atoms with E-state index < -0.39 is 0 Å². The maximum Gasteiger partial charge on any atom is 0.0396 e. The van der Waals surface area contributed by atoms with Crippen molar-refractivity contribution in [1.29, 1.82) is 0 Å². The van der Waals surface area contributed by atoms with Gasteiger partial charge >= 0.3 is 0 Å². The summed E-state index contributed by atoms with van der Waals surface area (Å²) in [4.78, 5) is 0. The van der Waals surface area contributed by atoms with E-state index in [1.807, 2.05) is 0 Å². The fourth-order valence-electron chi connectivity index (χ4n) is 1.64. The molecule has 3 N–H and O–H groups in total. The predicted molar refractivity (Wildman–Crippen MR) is 38.6 cm³/mol. The number of hydrogen-bond acceptors (Lipinski definition) is 4. The van der Waals surface area contributed by atoms with Crippen LogP contribution in [-0.2, 0) is 0 Å². The molecule has 2 saturated heterocycles. The van der Waals surface area contributed by atoms with Crippen molar-refractivity contribution in [2.45, 2.75) is 25.3 Å². The fraction of sp³-hybridized carbons (Fsp3) is 1.00. The average molecular weight is 142 g/mol. The topological polar surface area (TPSA) is 39.3 Å². The van der Waals surface area contributed by atoms with Crippen LogP contribution in [0.2, 0.25) is 0 Å². The lowest BCUT2D eigenvalue weighted by atomic mass is 10.0. The minimum Gasteiger partial charge on any atom is -0.241 e. The number of nitrogens with one attached hydrogen (secondary N) is 3. The van der Waals surface area contributed by atoms with Crippen molar-refractivity contribution in [2.75, 3.05) is 13.1 Å². The van der Waals surface area contributed by atoms with E-state index >= 15 is 0 Å². The molecule has 0 aliphatic carbocycles. The Balaban J connectivity index is 1.93. The van der Waals surface area contributed by atoms with Gasteiger partial charge in [0.2, 0.25) is 0 Å². The van der Waals surface area contributed by atoms with Crippen LogP contribution < -0.4 is 16.5 Å². The van der Waals surface area contributed by atoms with Gasteiger partial charge in [0.25, 0.3) is 0 Å². The van der Waals surface area contributed by atoms with Gasteiger partial charge in [-0.15, -0.1) is 0 Å². The molecule has 0 aromatic carbocycles. The lowest BCUT2D eigenvalue weighted by Crippen LogP contribution is -2.66. The van der Waals surface area contributed by atoms with Gasteiger partial charge in [0.15, 0.2) is 0 Å². The molecule has 58 valence electrons. The van der Waals surface area contributed by atoms with Gasteiger partial charge in [0, 0.05) is 19.1 Å². The van der Waals surface area contributed by atoms with Gasteiger partial charge in [0.05, 0.1) is 0 Å². The number of hydrazine groups is 3. The van der Waals surface area contributed by atoms with Gasteiger partial charge in [-0.2, -0.15) is 11.1 Å². The highest BCUT2D eigenvalue weighted by Crippen LogP contribution is 2.14. The van der Waals surface area contributed by atoms with Gasteiger partial charge in [-0.05, 0) is 12.8 Å². The Labute approximate surface area is 60.9 Å². The standard InChI is InChI=1S/C6H14N4/c1-2-4-10-6(3-1)5-7-8-9-10/h6-9H,1-5H2. The fourth-order valence-corrected chi connectivity index (χ4v) is 1.64. The van der Waals surface area contributed by atoms with Crippen molar-refractivity contribution in [1.82, 2.24) is 21.5 Å².